The van der Waals surface area contributed by atoms with Gasteiger partial charge in [-0.3, -0.25) is 10.1 Å². The molecule has 1 aliphatic heterocycles. The van der Waals surface area contributed by atoms with Crippen LogP contribution in [0, 0.1) is 3.57 Å². The number of methoxy groups -OCH3 is 1. The van der Waals surface area contributed by atoms with Crippen molar-refractivity contribution in [3.63, 3.8) is 0 Å². The predicted octanol–water partition coefficient (Wildman–Crippen LogP) is 2.24. The lowest BCUT2D eigenvalue weighted by atomic mass is 10.2. The summed E-state index contributed by atoms with van der Waals surface area (Å²) in [6.45, 7) is 3.98. The highest BCUT2D eigenvalue weighted by atomic mass is 127. The molecule has 1 N–H and O–H groups in total. The average molecular weight is 561 g/mol. The summed E-state index contributed by atoms with van der Waals surface area (Å²) in [5, 5.41) is 10.7. The molecule has 0 aliphatic carbocycles. The maximum Gasteiger partial charge on any atom is 0.344 e. The first-order valence-electron chi connectivity index (χ1n) is 9.02. The number of nitrogens with one attached hydrogen (secondary N) is 1. The van der Waals surface area contributed by atoms with Crippen molar-refractivity contribution in [2.24, 2.45) is 10.2 Å². The van der Waals surface area contributed by atoms with Gasteiger partial charge in [0.2, 0.25) is 0 Å². The molecule has 1 aromatic carbocycles. The van der Waals surface area contributed by atoms with Gasteiger partial charge >= 0.3 is 11.9 Å². The molecule has 12 heteroatoms. The van der Waals surface area contributed by atoms with E-state index in [-0.39, 0.29) is 23.3 Å². The second-order valence-electron chi connectivity index (χ2n) is 5.59. The molecule has 1 fully saturated rings. The molecule has 1 heterocycles. The van der Waals surface area contributed by atoms with Gasteiger partial charge in [-0.1, -0.05) is 0 Å². The number of benzene rings is 1. The number of nitrogens with zero attached hydrogens (tertiary/aromatic N) is 2. The number of carbonyl (C=O) groups is 3. The van der Waals surface area contributed by atoms with Gasteiger partial charge < -0.3 is 18.9 Å². The van der Waals surface area contributed by atoms with Crippen LogP contribution in [0.1, 0.15) is 19.4 Å². The summed E-state index contributed by atoms with van der Waals surface area (Å²) >= 11 is 3.04. The van der Waals surface area contributed by atoms with Crippen LogP contribution in [0.5, 0.6) is 11.5 Å². The molecule has 10 nitrogen and oxygen atoms in total. The number of thioether (sulfide) groups is 1. The van der Waals surface area contributed by atoms with Crippen LogP contribution in [0.15, 0.2) is 33.3 Å². The Bertz CT molecular complexity index is 947. The molecule has 0 radical (unpaired) electrons. The highest BCUT2D eigenvalue weighted by Gasteiger charge is 2.25. The molecule has 2 rings (SSSR count). The van der Waals surface area contributed by atoms with E-state index in [4.69, 9.17) is 14.2 Å². The van der Waals surface area contributed by atoms with E-state index in [9.17, 15) is 14.4 Å². The number of ether oxygens (including phenoxy) is 4. The number of amidine groups is 1. The van der Waals surface area contributed by atoms with E-state index in [2.05, 4.69) is 42.8 Å². The Kier molecular flexibility index (Phi) is 9.78. The maximum atomic E-state index is 11.8. The van der Waals surface area contributed by atoms with Crippen LogP contribution in [-0.2, 0) is 23.9 Å². The largest absolute Gasteiger partial charge is 0.490 e. The number of hydrogen-bond acceptors (Lipinski definition) is 10. The molecule has 1 aliphatic rings. The lowest BCUT2D eigenvalue weighted by Crippen LogP contribution is -2.19. The average Bonchev–Trinajstić information content (AvgIpc) is 3.06. The molecular formula is C19H20IN3O7S. The summed E-state index contributed by atoms with van der Waals surface area (Å²) in [7, 11) is 1.22. The molecule has 31 heavy (non-hydrogen) atoms. The number of hydrogen-bond donors (Lipinski definition) is 1. The van der Waals surface area contributed by atoms with Crippen LogP contribution < -0.4 is 14.8 Å². The number of amides is 1. The normalized spacial score (nSPS) is 15.9. The van der Waals surface area contributed by atoms with Gasteiger partial charge in [-0.2, -0.15) is 5.10 Å². The fourth-order valence-electron chi connectivity index (χ4n) is 2.19. The summed E-state index contributed by atoms with van der Waals surface area (Å²) in [5.41, 5.74) is 0.667. The molecule has 0 bridgehead atoms. The number of carbonyl (C=O) groups excluding carboxylic acids is 3. The van der Waals surface area contributed by atoms with Crippen molar-refractivity contribution in [3.05, 3.63) is 32.2 Å². The third-order valence-corrected chi connectivity index (χ3v) is 5.13. The first kappa shape index (κ1) is 24.7. The van der Waals surface area contributed by atoms with Crippen molar-refractivity contribution < 1.29 is 33.3 Å². The predicted molar refractivity (Wildman–Crippen MR) is 123 cm³/mol. The van der Waals surface area contributed by atoms with Crippen molar-refractivity contribution in [1.82, 2.24) is 5.32 Å². The molecule has 0 atom stereocenters. The molecule has 0 unspecified atom stereocenters. The molecule has 0 aromatic heterocycles. The standard InChI is InChI=1S/C19H20IN3O7S/c1-4-28-13-7-11(6-12(20)17(13)30-10-16(25)29-5-2)9-21-23-19-22-18(26)14(31-19)8-15(24)27-3/h6-9H,4-5,10H2,1-3H3,(H,22,23,26)/b14-8+,21-9?. The zero-order valence-electron chi connectivity index (χ0n) is 17.0. The molecule has 1 aromatic rings. The van der Waals surface area contributed by atoms with E-state index in [1.807, 2.05) is 6.92 Å². The molecule has 1 amide bonds. The van der Waals surface area contributed by atoms with Crippen molar-refractivity contribution in [1.29, 1.82) is 0 Å². The molecule has 1 saturated heterocycles. The minimum Gasteiger partial charge on any atom is -0.490 e. The van der Waals surface area contributed by atoms with Gasteiger partial charge in [0.25, 0.3) is 5.91 Å². The Morgan fingerprint density at radius 1 is 1.23 bits per heavy atom. The van der Waals surface area contributed by atoms with Gasteiger partial charge in [-0.05, 0) is 65.9 Å². The van der Waals surface area contributed by atoms with Gasteiger partial charge in [0, 0.05) is 6.08 Å². The fourth-order valence-corrected chi connectivity index (χ4v) is 3.71. The second kappa shape index (κ2) is 12.3. The minimum atomic E-state index is -0.634. The molecule has 166 valence electrons. The number of halogens is 1. The molecule has 0 saturated carbocycles. The maximum absolute atomic E-state index is 11.8. The van der Waals surface area contributed by atoms with Crippen molar-refractivity contribution >= 4 is 63.6 Å². The van der Waals surface area contributed by atoms with Gasteiger partial charge in [-0.25, -0.2) is 9.59 Å². The number of rotatable bonds is 9. The first-order valence-corrected chi connectivity index (χ1v) is 10.9. The van der Waals surface area contributed by atoms with Gasteiger partial charge in [0.15, 0.2) is 23.3 Å². The Labute approximate surface area is 196 Å². The minimum absolute atomic E-state index is 0.164. The van der Waals surface area contributed by atoms with Crippen LogP contribution in [0.25, 0.3) is 0 Å². The highest BCUT2D eigenvalue weighted by Crippen LogP contribution is 2.34. The lowest BCUT2D eigenvalue weighted by Gasteiger charge is -2.14. The van der Waals surface area contributed by atoms with Gasteiger partial charge in [0.05, 0.1) is 35.0 Å². The third-order valence-electron chi connectivity index (χ3n) is 3.43. The summed E-state index contributed by atoms with van der Waals surface area (Å²) in [4.78, 5) is 34.8. The van der Waals surface area contributed by atoms with Crippen molar-refractivity contribution in [2.45, 2.75) is 13.8 Å². The highest BCUT2D eigenvalue weighted by molar-refractivity contribution is 14.1. The quantitative estimate of drug-likeness (QED) is 0.160. The van der Waals surface area contributed by atoms with Crippen LogP contribution in [0.2, 0.25) is 0 Å². The lowest BCUT2D eigenvalue weighted by molar-refractivity contribution is -0.145. The third kappa shape index (κ3) is 7.54. The number of esters is 2. The summed E-state index contributed by atoms with van der Waals surface area (Å²) in [6.07, 6.45) is 2.56. The van der Waals surface area contributed by atoms with Crippen LogP contribution >= 0.6 is 34.4 Å². The Hall–Kier alpha value is -2.61. The molecule has 0 spiro atoms. The van der Waals surface area contributed by atoms with E-state index in [1.165, 1.54) is 13.3 Å². The molecular weight excluding hydrogens is 541 g/mol. The van der Waals surface area contributed by atoms with Crippen LogP contribution in [0.4, 0.5) is 0 Å². The smallest absolute Gasteiger partial charge is 0.344 e. The zero-order chi connectivity index (χ0) is 22.8. The topological polar surface area (TPSA) is 125 Å². The summed E-state index contributed by atoms with van der Waals surface area (Å²) < 4.78 is 21.3. The van der Waals surface area contributed by atoms with Gasteiger partial charge in [-0.15, -0.1) is 5.10 Å². The fraction of sp³-hybridized carbons (Fsp3) is 0.316. The van der Waals surface area contributed by atoms with Crippen LogP contribution in [-0.4, -0.2) is 56.2 Å². The van der Waals surface area contributed by atoms with Crippen LogP contribution in [0.3, 0.4) is 0 Å². The van der Waals surface area contributed by atoms with Crippen molar-refractivity contribution in [2.75, 3.05) is 26.9 Å². The summed E-state index contributed by atoms with van der Waals surface area (Å²) in [6, 6.07) is 3.47. The van der Waals surface area contributed by atoms with E-state index in [0.717, 1.165) is 17.8 Å². The van der Waals surface area contributed by atoms with Gasteiger partial charge in [0.1, 0.15) is 0 Å². The van der Waals surface area contributed by atoms with Crippen molar-refractivity contribution in [3.8, 4) is 11.5 Å². The SMILES string of the molecule is CCOC(=O)COc1c(I)cc(C=N/N=C2/NC(=O)/C(=C\C(=O)OC)S2)cc1OCC. The van der Waals surface area contributed by atoms with E-state index in [1.54, 1.807) is 19.1 Å². The Balaban J connectivity index is 2.14. The van der Waals surface area contributed by atoms with E-state index in [0.29, 0.717) is 27.2 Å². The van der Waals surface area contributed by atoms with E-state index < -0.39 is 17.8 Å². The Morgan fingerprint density at radius 3 is 2.68 bits per heavy atom. The Morgan fingerprint density at radius 2 is 2.00 bits per heavy atom. The second-order valence-corrected chi connectivity index (χ2v) is 7.79. The first-order chi connectivity index (χ1) is 14.9. The summed E-state index contributed by atoms with van der Waals surface area (Å²) in [5.74, 6) is -0.694. The monoisotopic (exact) mass is 561 g/mol. The zero-order valence-corrected chi connectivity index (χ0v) is 19.9. The van der Waals surface area contributed by atoms with E-state index >= 15 is 0 Å².